The summed E-state index contributed by atoms with van der Waals surface area (Å²) in [6.45, 7) is 6.22. The number of benzene rings is 1. The lowest BCUT2D eigenvalue weighted by Crippen LogP contribution is -2.44. The molecule has 0 unspecified atom stereocenters. The largest absolute Gasteiger partial charge is 0.493 e. The van der Waals surface area contributed by atoms with Crippen molar-refractivity contribution in [2.24, 2.45) is 0 Å². The van der Waals surface area contributed by atoms with Crippen LogP contribution in [0.1, 0.15) is 6.42 Å². The minimum Gasteiger partial charge on any atom is -0.493 e. The predicted molar refractivity (Wildman–Crippen MR) is 88.6 cm³/mol. The molecular formula is C17H23N3O2. The van der Waals surface area contributed by atoms with E-state index in [1.165, 1.54) is 6.07 Å². The molecule has 0 saturated carbocycles. The molecule has 1 aliphatic heterocycles. The first kappa shape index (κ1) is 15.1. The van der Waals surface area contributed by atoms with Gasteiger partial charge in [-0.1, -0.05) is 12.1 Å². The summed E-state index contributed by atoms with van der Waals surface area (Å²) in [5.74, 6) is 0.678. The molecule has 2 heterocycles. The molecule has 0 atom stereocenters. The van der Waals surface area contributed by atoms with E-state index >= 15 is 0 Å². The molecular weight excluding hydrogens is 278 g/mol. The van der Waals surface area contributed by atoms with Crippen molar-refractivity contribution in [1.82, 2.24) is 14.8 Å². The van der Waals surface area contributed by atoms with E-state index in [-0.39, 0.29) is 5.56 Å². The number of rotatable bonds is 5. The van der Waals surface area contributed by atoms with Crippen LogP contribution in [0.15, 0.2) is 35.1 Å². The minimum absolute atomic E-state index is 0.118. The first-order valence-corrected chi connectivity index (χ1v) is 7.88. The maximum absolute atomic E-state index is 11.7. The summed E-state index contributed by atoms with van der Waals surface area (Å²) in [5, 5.41) is 0.960. The lowest BCUT2D eigenvalue weighted by atomic mass is 10.2. The third-order valence-corrected chi connectivity index (χ3v) is 4.18. The highest BCUT2D eigenvalue weighted by molar-refractivity contribution is 5.84. The topological polar surface area (TPSA) is 48.6 Å². The SMILES string of the molecule is CN1CCN(CCCOc2cc(=O)[nH]c3ccccc23)CC1. The number of nitrogens with one attached hydrogen (secondary N) is 1. The molecule has 22 heavy (non-hydrogen) atoms. The van der Waals surface area contributed by atoms with Gasteiger partial charge in [0.2, 0.25) is 0 Å². The average Bonchev–Trinajstić information content (AvgIpc) is 2.53. The van der Waals surface area contributed by atoms with Crippen LogP contribution in [0.25, 0.3) is 10.9 Å². The fourth-order valence-electron chi connectivity index (χ4n) is 2.83. The molecule has 0 spiro atoms. The number of ether oxygens (including phenoxy) is 1. The second-order valence-electron chi connectivity index (χ2n) is 5.89. The van der Waals surface area contributed by atoms with Crippen molar-refractivity contribution in [2.45, 2.75) is 6.42 Å². The molecule has 0 aliphatic carbocycles. The molecule has 1 aliphatic rings. The smallest absolute Gasteiger partial charge is 0.252 e. The zero-order valence-corrected chi connectivity index (χ0v) is 13.0. The van der Waals surface area contributed by atoms with Crippen LogP contribution in [-0.2, 0) is 0 Å². The number of H-pyrrole nitrogens is 1. The molecule has 1 aromatic heterocycles. The quantitative estimate of drug-likeness (QED) is 0.851. The van der Waals surface area contributed by atoms with Crippen molar-refractivity contribution >= 4 is 10.9 Å². The molecule has 1 saturated heterocycles. The number of para-hydroxylation sites is 1. The van der Waals surface area contributed by atoms with E-state index in [0.29, 0.717) is 12.4 Å². The zero-order chi connectivity index (χ0) is 15.4. The highest BCUT2D eigenvalue weighted by Crippen LogP contribution is 2.21. The van der Waals surface area contributed by atoms with E-state index in [1.54, 1.807) is 0 Å². The fraction of sp³-hybridized carbons (Fsp3) is 0.471. The van der Waals surface area contributed by atoms with E-state index in [1.807, 2.05) is 24.3 Å². The minimum atomic E-state index is -0.118. The monoisotopic (exact) mass is 301 g/mol. The van der Waals surface area contributed by atoms with Gasteiger partial charge in [-0.25, -0.2) is 0 Å². The number of aromatic nitrogens is 1. The number of fused-ring (bicyclic) bond motifs is 1. The van der Waals surface area contributed by atoms with Gasteiger partial charge in [-0.05, 0) is 25.6 Å². The van der Waals surface area contributed by atoms with Crippen molar-refractivity contribution in [3.05, 3.63) is 40.7 Å². The van der Waals surface area contributed by atoms with Gasteiger partial charge in [-0.3, -0.25) is 4.79 Å². The average molecular weight is 301 g/mol. The summed E-state index contributed by atoms with van der Waals surface area (Å²) in [7, 11) is 2.17. The second-order valence-corrected chi connectivity index (χ2v) is 5.89. The molecule has 2 aromatic rings. The highest BCUT2D eigenvalue weighted by atomic mass is 16.5. The summed E-state index contributed by atoms with van der Waals surface area (Å²) in [5.41, 5.74) is 0.705. The van der Waals surface area contributed by atoms with Crippen LogP contribution in [0, 0.1) is 0 Å². The molecule has 1 fully saturated rings. The van der Waals surface area contributed by atoms with Crippen LogP contribution in [0.4, 0.5) is 0 Å². The summed E-state index contributed by atoms with van der Waals surface area (Å²) in [6.07, 6.45) is 0.977. The molecule has 1 N–H and O–H groups in total. The van der Waals surface area contributed by atoms with Crippen LogP contribution in [0.5, 0.6) is 5.75 Å². The molecule has 1 aromatic carbocycles. The Balaban J connectivity index is 1.55. The lowest BCUT2D eigenvalue weighted by molar-refractivity contribution is 0.145. The zero-order valence-electron chi connectivity index (χ0n) is 13.0. The Morgan fingerprint density at radius 2 is 1.95 bits per heavy atom. The predicted octanol–water partition coefficient (Wildman–Crippen LogP) is 1.54. The number of piperazine rings is 1. The Bertz CT molecular complexity index is 675. The van der Waals surface area contributed by atoms with Crippen molar-refractivity contribution in [3.8, 4) is 5.75 Å². The molecule has 0 bridgehead atoms. The van der Waals surface area contributed by atoms with Crippen molar-refractivity contribution < 1.29 is 4.74 Å². The first-order chi connectivity index (χ1) is 10.7. The normalized spacial score (nSPS) is 17.0. The van der Waals surface area contributed by atoms with Crippen molar-refractivity contribution in [3.63, 3.8) is 0 Å². The Morgan fingerprint density at radius 1 is 1.18 bits per heavy atom. The Hall–Kier alpha value is -1.85. The molecule has 118 valence electrons. The van der Waals surface area contributed by atoms with Gasteiger partial charge in [0.1, 0.15) is 5.75 Å². The number of likely N-dealkylation sites (N-methyl/N-ethyl adjacent to an activating group) is 1. The van der Waals surface area contributed by atoms with Crippen molar-refractivity contribution in [1.29, 1.82) is 0 Å². The highest BCUT2D eigenvalue weighted by Gasteiger charge is 2.13. The van der Waals surface area contributed by atoms with E-state index < -0.39 is 0 Å². The van der Waals surface area contributed by atoms with Crippen molar-refractivity contribution in [2.75, 3.05) is 46.4 Å². The third-order valence-electron chi connectivity index (χ3n) is 4.18. The molecule has 0 radical (unpaired) electrons. The van der Waals surface area contributed by atoms with E-state index in [2.05, 4.69) is 21.8 Å². The van der Waals surface area contributed by atoms with E-state index in [9.17, 15) is 4.79 Å². The van der Waals surface area contributed by atoms with Gasteiger partial charge >= 0.3 is 0 Å². The van der Waals surface area contributed by atoms with Crippen LogP contribution in [-0.4, -0.2) is 61.2 Å². The van der Waals surface area contributed by atoms with Gasteiger partial charge in [-0.2, -0.15) is 0 Å². The summed E-state index contributed by atoms with van der Waals surface area (Å²) in [4.78, 5) is 19.3. The number of hydrogen-bond acceptors (Lipinski definition) is 4. The first-order valence-electron chi connectivity index (χ1n) is 7.88. The number of nitrogens with zero attached hydrogens (tertiary/aromatic N) is 2. The van der Waals surface area contributed by atoms with Crippen LogP contribution in [0.2, 0.25) is 0 Å². The maximum atomic E-state index is 11.7. The van der Waals surface area contributed by atoms with Crippen LogP contribution < -0.4 is 10.3 Å². The summed E-state index contributed by atoms with van der Waals surface area (Å²) in [6, 6.07) is 9.28. The van der Waals surface area contributed by atoms with Gasteiger partial charge in [-0.15, -0.1) is 0 Å². The van der Waals surface area contributed by atoms with Gasteiger partial charge in [0.05, 0.1) is 12.1 Å². The van der Waals surface area contributed by atoms with Crippen LogP contribution in [0.3, 0.4) is 0 Å². The number of pyridine rings is 1. The molecule has 5 nitrogen and oxygen atoms in total. The van der Waals surface area contributed by atoms with Gasteiger partial charge in [0.15, 0.2) is 0 Å². The van der Waals surface area contributed by atoms with Gasteiger partial charge in [0.25, 0.3) is 5.56 Å². The van der Waals surface area contributed by atoms with Gasteiger partial charge < -0.3 is 19.5 Å². The second kappa shape index (κ2) is 6.94. The van der Waals surface area contributed by atoms with E-state index in [4.69, 9.17) is 4.74 Å². The Morgan fingerprint density at radius 3 is 2.77 bits per heavy atom. The Kier molecular flexibility index (Phi) is 4.75. The molecule has 3 rings (SSSR count). The van der Waals surface area contributed by atoms with Gasteiger partial charge in [0, 0.05) is 44.2 Å². The molecule has 0 amide bonds. The summed E-state index contributed by atoms with van der Waals surface area (Å²) < 4.78 is 5.86. The number of aromatic amines is 1. The fourth-order valence-corrected chi connectivity index (χ4v) is 2.83. The number of hydrogen-bond donors (Lipinski definition) is 1. The third kappa shape index (κ3) is 3.67. The standard InChI is InChI=1S/C17H23N3O2/c1-19-8-10-20(11-9-19)7-4-12-22-16-13-17(21)18-15-6-3-2-5-14(15)16/h2-3,5-6,13H,4,7-12H2,1H3,(H,18,21). The van der Waals surface area contributed by atoms with E-state index in [0.717, 1.165) is 50.0 Å². The maximum Gasteiger partial charge on any atom is 0.252 e. The summed E-state index contributed by atoms with van der Waals surface area (Å²) >= 11 is 0. The Labute approximate surface area is 130 Å². The lowest BCUT2D eigenvalue weighted by Gasteiger charge is -2.32. The van der Waals surface area contributed by atoms with Crippen LogP contribution >= 0.6 is 0 Å². The molecule has 5 heteroatoms.